The van der Waals surface area contributed by atoms with E-state index in [1.54, 1.807) is 6.92 Å². The van der Waals surface area contributed by atoms with Crippen LogP contribution in [0.3, 0.4) is 0 Å². The Kier molecular flexibility index (Phi) is 9.64. The number of rotatable bonds is 10. The second-order valence-corrected chi connectivity index (χ2v) is 13.3. The first-order valence-electron chi connectivity index (χ1n) is 14.1. The predicted octanol–water partition coefficient (Wildman–Crippen LogP) is 4.82. The minimum absolute atomic E-state index is 0.0799. The van der Waals surface area contributed by atoms with E-state index < -0.39 is 39.9 Å². The molecule has 43 heavy (non-hydrogen) atoms. The molecular weight excluding hydrogens is 573 g/mol. The van der Waals surface area contributed by atoms with Gasteiger partial charge in [0.2, 0.25) is 11.8 Å². The molecule has 0 unspecified atom stereocenters. The number of nitrogens with zero attached hydrogens (tertiary/aromatic N) is 2. The number of hydrogen-bond acceptors (Lipinski definition) is 6. The predicted molar refractivity (Wildman–Crippen MR) is 162 cm³/mol. The second-order valence-electron chi connectivity index (χ2n) is 11.5. The molecule has 0 saturated carbocycles. The van der Waals surface area contributed by atoms with Crippen LogP contribution in [0.15, 0.2) is 71.6 Å². The van der Waals surface area contributed by atoms with E-state index in [2.05, 4.69) is 5.32 Å². The third kappa shape index (κ3) is 7.84. The molecule has 2 amide bonds. The molecular formula is C32H38FN3O6S. The fourth-order valence-electron chi connectivity index (χ4n) is 4.71. The smallest absolute Gasteiger partial charge is 0.264 e. The van der Waals surface area contributed by atoms with Crippen LogP contribution in [0.2, 0.25) is 0 Å². The summed E-state index contributed by atoms with van der Waals surface area (Å²) in [5, 5.41) is 2.94. The van der Waals surface area contributed by atoms with Crippen LogP contribution in [0.5, 0.6) is 11.5 Å². The number of sulfonamides is 1. The Morgan fingerprint density at radius 1 is 0.953 bits per heavy atom. The van der Waals surface area contributed by atoms with Gasteiger partial charge in [-0.2, -0.15) is 0 Å². The Morgan fingerprint density at radius 2 is 1.58 bits per heavy atom. The quantitative estimate of drug-likeness (QED) is 0.353. The Balaban J connectivity index is 1.75. The summed E-state index contributed by atoms with van der Waals surface area (Å²) in [6, 6.07) is 15.7. The highest BCUT2D eigenvalue weighted by atomic mass is 32.2. The summed E-state index contributed by atoms with van der Waals surface area (Å²) in [7, 11) is -4.36. The molecule has 0 saturated heterocycles. The van der Waals surface area contributed by atoms with Crippen molar-refractivity contribution < 1.29 is 31.9 Å². The Morgan fingerprint density at radius 3 is 2.19 bits per heavy atom. The normalized spacial score (nSPS) is 13.6. The number of amides is 2. The molecule has 1 aliphatic rings. The summed E-state index contributed by atoms with van der Waals surface area (Å²) in [4.78, 5) is 28.9. The molecule has 0 aromatic heterocycles. The van der Waals surface area contributed by atoms with Gasteiger partial charge in [-0.25, -0.2) is 12.8 Å². The van der Waals surface area contributed by atoms with E-state index >= 15 is 0 Å². The summed E-state index contributed by atoms with van der Waals surface area (Å²) in [6.45, 7) is 9.34. The van der Waals surface area contributed by atoms with E-state index in [0.717, 1.165) is 27.6 Å². The van der Waals surface area contributed by atoms with E-state index in [1.165, 1.54) is 35.2 Å². The molecule has 4 rings (SSSR count). The van der Waals surface area contributed by atoms with Crippen molar-refractivity contribution in [2.45, 2.75) is 64.1 Å². The van der Waals surface area contributed by atoms with Crippen LogP contribution in [0.1, 0.15) is 45.2 Å². The van der Waals surface area contributed by atoms with E-state index in [0.29, 0.717) is 18.8 Å². The maximum atomic E-state index is 14.2. The zero-order chi connectivity index (χ0) is 31.4. The molecule has 0 radical (unpaired) electrons. The molecule has 1 heterocycles. The van der Waals surface area contributed by atoms with E-state index in [9.17, 15) is 22.4 Å². The third-order valence-electron chi connectivity index (χ3n) is 6.85. The number of hydrogen-bond donors (Lipinski definition) is 1. The van der Waals surface area contributed by atoms with Crippen molar-refractivity contribution in [3.05, 3.63) is 83.7 Å². The van der Waals surface area contributed by atoms with Gasteiger partial charge >= 0.3 is 0 Å². The number of ether oxygens (including phenoxy) is 2. The van der Waals surface area contributed by atoms with Crippen LogP contribution in [0.4, 0.5) is 10.1 Å². The van der Waals surface area contributed by atoms with Crippen LogP contribution < -0.4 is 19.1 Å². The maximum absolute atomic E-state index is 14.2. The van der Waals surface area contributed by atoms with Gasteiger partial charge in [-0.05, 0) is 76.1 Å². The average Bonchev–Trinajstić information content (AvgIpc) is 2.96. The lowest BCUT2D eigenvalue weighted by molar-refractivity contribution is -0.141. The minimum Gasteiger partial charge on any atom is -0.486 e. The van der Waals surface area contributed by atoms with E-state index in [4.69, 9.17) is 9.47 Å². The van der Waals surface area contributed by atoms with Crippen LogP contribution in [0.25, 0.3) is 0 Å². The van der Waals surface area contributed by atoms with Crippen molar-refractivity contribution in [2.24, 2.45) is 0 Å². The van der Waals surface area contributed by atoms with Gasteiger partial charge in [0.15, 0.2) is 11.5 Å². The van der Waals surface area contributed by atoms with Crippen molar-refractivity contribution >= 4 is 27.5 Å². The third-order valence-corrected chi connectivity index (χ3v) is 8.62. The molecule has 3 aromatic rings. The summed E-state index contributed by atoms with van der Waals surface area (Å²) in [6.07, 6.45) is 0.297. The lowest BCUT2D eigenvalue weighted by Gasteiger charge is -2.35. The molecule has 0 spiro atoms. The van der Waals surface area contributed by atoms with Gasteiger partial charge in [-0.15, -0.1) is 0 Å². The van der Waals surface area contributed by atoms with Crippen molar-refractivity contribution in [3.63, 3.8) is 0 Å². The zero-order valence-corrected chi connectivity index (χ0v) is 25.9. The van der Waals surface area contributed by atoms with Crippen molar-refractivity contribution in [1.82, 2.24) is 10.2 Å². The molecule has 3 aromatic carbocycles. The number of halogens is 1. The molecule has 1 aliphatic heterocycles. The van der Waals surface area contributed by atoms with Gasteiger partial charge in [0.05, 0.1) is 10.6 Å². The highest BCUT2D eigenvalue weighted by Gasteiger charge is 2.35. The maximum Gasteiger partial charge on any atom is 0.264 e. The van der Waals surface area contributed by atoms with Crippen molar-refractivity contribution in [2.75, 3.05) is 24.1 Å². The first-order valence-corrected chi connectivity index (χ1v) is 15.6. The van der Waals surface area contributed by atoms with Gasteiger partial charge in [0, 0.05) is 18.2 Å². The number of anilines is 1. The molecule has 0 fully saturated rings. The van der Waals surface area contributed by atoms with Crippen LogP contribution >= 0.6 is 0 Å². The minimum atomic E-state index is -4.36. The first-order chi connectivity index (χ1) is 20.3. The highest BCUT2D eigenvalue weighted by Crippen LogP contribution is 2.34. The molecule has 230 valence electrons. The van der Waals surface area contributed by atoms with Crippen LogP contribution in [0, 0.1) is 12.7 Å². The largest absolute Gasteiger partial charge is 0.486 e. The molecule has 11 heteroatoms. The molecule has 0 aliphatic carbocycles. The standard InChI is InChI=1S/C32H38FN3O6S/c1-6-27(31(38)34-32(3,4)5)35(20-23-9-7-22(2)8-10-23)30(37)21-36(25-13-11-24(33)12-14-25)43(39,40)26-15-16-28-29(19-26)42-18-17-41-28/h7-16,19,27H,6,17-18,20-21H2,1-5H3,(H,34,38)/t27-/m1/s1. The van der Waals surface area contributed by atoms with Gasteiger partial charge < -0.3 is 19.7 Å². The van der Waals surface area contributed by atoms with Crippen molar-refractivity contribution in [3.8, 4) is 11.5 Å². The lowest BCUT2D eigenvalue weighted by Crippen LogP contribution is -2.55. The zero-order valence-electron chi connectivity index (χ0n) is 25.1. The van der Waals surface area contributed by atoms with Crippen LogP contribution in [-0.2, 0) is 26.2 Å². The number of benzene rings is 3. The van der Waals surface area contributed by atoms with Gasteiger partial charge in [0.25, 0.3) is 10.0 Å². The number of aryl methyl sites for hydroxylation is 1. The number of carbonyl (C=O) groups excluding carboxylic acids is 2. The number of nitrogens with one attached hydrogen (secondary N) is 1. The first kappa shape index (κ1) is 31.8. The Bertz CT molecular complexity index is 1550. The molecule has 1 atom stereocenters. The van der Waals surface area contributed by atoms with E-state index in [-0.39, 0.29) is 35.4 Å². The number of carbonyl (C=O) groups is 2. The molecule has 9 nitrogen and oxygen atoms in total. The Hall–Kier alpha value is -4.12. The topological polar surface area (TPSA) is 105 Å². The summed E-state index contributed by atoms with van der Waals surface area (Å²) in [5.74, 6) is -0.823. The summed E-state index contributed by atoms with van der Waals surface area (Å²) in [5.41, 5.74) is 1.35. The van der Waals surface area contributed by atoms with Gasteiger partial charge in [-0.3, -0.25) is 13.9 Å². The van der Waals surface area contributed by atoms with Gasteiger partial charge in [-0.1, -0.05) is 36.8 Å². The summed E-state index contributed by atoms with van der Waals surface area (Å²) < 4.78 is 54.1. The highest BCUT2D eigenvalue weighted by molar-refractivity contribution is 7.92. The molecule has 0 bridgehead atoms. The fourth-order valence-corrected chi connectivity index (χ4v) is 6.14. The summed E-state index contributed by atoms with van der Waals surface area (Å²) >= 11 is 0. The fraction of sp³-hybridized carbons (Fsp3) is 0.375. The second kappa shape index (κ2) is 13.0. The van der Waals surface area contributed by atoms with Gasteiger partial charge in [0.1, 0.15) is 31.6 Å². The SMILES string of the molecule is CC[C@H](C(=O)NC(C)(C)C)N(Cc1ccc(C)cc1)C(=O)CN(c1ccc(F)cc1)S(=O)(=O)c1ccc2c(c1)OCCO2. The average molecular weight is 612 g/mol. The Labute approximate surface area is 252 Å². The van der Waals surface area contributed by atoms with Crippen LogP contribution in [-0.4, -0.2) is 56.5 Å². The van der Waals surface area contributed by atoms with Crippen molar-refractivity contribution in [1.29, 1.82) is 0 Å². The van der Waals surface area contributed by atoms with E-state index in [1.807, 2.05) is 52.0 Å². The lowest BCUT2D eigenvalue weighted by atomic mass is 10.1. The monoisotopic (exact) mass is 611 g/mol. The molecule has 1 N–H and O–H groups in total. The number of fused-ring (bicyclic) bond motifs is 1.